The number of hydrogen-bond acceptors (Lipinski definition) is 2. The third-order valence-electron chi connectivity index (χ3n) is 2.84. The van der Waals surface area contributed by atoms with E-state index >= 15 is 0 Å². The molecule has 1 aromatic rings. The third-order valence-corrected chi connectivity index (χ3v) is 2.84. The molecule has 0 aliphatic carbocycles. The summed E-state index contributed by atoms with van der Waals surface area (Å²) in [7, 11) is 1.65. The molecule has 0 fully saturated rings. The van der Waals surface area contributed by atoms with Crippen LogP contribution < -0.4 is 0 Å². The van der Waals surface area contributed by atoms with Crippen molar-refractivity contribution < 1.29 is 9.59 Å². The van der Waals surface area contributed by atoms with Crippen LogP contribution in [0.25, 0.3) is 0 Å². The quantitative estimate of drug-likeness (QED) is 0.758. The van der Waals surface area contributed by atoms with Gasteiger partial charge in [-0.3, -0.25) is 9.59 Å². The number of amides is 2. The zero-order valence-corrected chi connectivity index (χ0v) is 11.2. The van der Waals surface area contributed by atoms with E-state index in [1.807, 2.05) is 44.2 Å². The van der Waals surface area contributed by atoms with E-state index < -0.39 is 11.8 Å². The van der Waals surface area contributed by atoms with Crippen LogP contribution in [0.1, 0.15) is 19.4 Å². The lowest BCUT2D eigenvalue weighted by molar-refractivity contribution is -0.151. The Kier molecular flexibility index (Phi) is 5.36. The summed E-state index contributed by atoms with van der Waals surface area (Å²) in [6, 6.07) is 9.63. The van der Waals surface area contributed by atoms with Gasteiger partial charge >= 0.3 is 11.8 Å². The van der Waals surface area contributed by atoms with Gasteiger partial charge in [0.05, 0.1) is 0 Å². The maximum Gasteiger partial charge on any atom is 0.312 e. The van der Waals surface area contributed by atoms with Crippen molar-refractivity contribution in [2.24, 2.45) is 0 Å². The van der Waals surface area contributed by atoms with Gasteiger partial charge in [0.1, 0.15) is 0 Å². The minimum atomic E-state index is -0.456. The number of carbonyl (C=O) groups excluding carboxylic acids is 2. The average Bonchev–Trinajstić information content (AvgIpc) is 2.40. The van der Waals surface area contributed by atoms with Crippen LogP contribution in [-0.4, -0.2) is 41.8 Å². The highest BCUT2D eigenvalue weighted by molar-refractivity contribution is 6.34. The largest absolute Gasteiger partial charge is 0.335 e. The maximum absolute atomic E-state index is 11.9. The molecule has 4 nitrogen and oxygen atoms in total. The van der Waals surface area contributed by atoms with Gasteiger partial charge in [-0.2, -0.15) is 0 Å². The lowest BCUT2D eigenvalue weighted by Gasteiger charge is -2.22. The van der Waals surface area contributed by atoms with Crippen molar-refractivity contribution in [2.75, 3.05) is 20.1 Å². The monoisotopic (exact) mass is 248 g/mol. The van der Waals surface area contributed by atoms with Crippen molar-refractivity contribution in [3.8, 4) is 0 Å². The highest BCUT2D eigenvalue weighted by atomic mass is 16.2. The minimum absolute atomic E-state index is 0.432. The van der Waals surface area contributed by atoms with E-state index in [-0.39, 0.29) is 0 Å². The summed E-state index contributed by atoms with van der Waals surface area (Å²) in [6.45, 7) is 5.30. The van der Waals surface area contributed by atoms with E-state index in [1.165, 1.54) is 9.80 Å². The van der Waals surface area contributed by atoms with E-state index in [0.29, 0.717) is 19.6 Å². The number of benzene rings is 1. The SMILES string of the molecule is CCN(CC)C(=O)C(=O)N(C)Cc1ccccc1. The summed E-state index contributed by atoms with van der Waals surface area (Å²) in [4.78, 5) is 26.8. The van der Waals surface area contributed by atoms with Gasteiger partial charge < -0.3 is 9.80 Å². The van der Waals surface area contributed by atoms with Crippen molar-refractivity contribution in [1.29, 1.82) is 0 Å². The van der Waals surface area contributed by atoms with Crippen LogP contribution in [-0.2, 0) is 16.1 Å². The second-order valence-corrected chi connectivity index (χ2v) is 4.12. The van der Waals surface area contributed by atoms with Crippen LogP contribution in [0.5, 0.6) is 0 Å². The van der Waals surface area contributed by atoms with Crippen LogP contribution in [0.15, 0.2) is 30.3 Å². The molecule has 1 aromatic carbocycles. The molecule has 0 saturated carbocycles. The Bertz CT molecular complexity index is 400. The van der Waals surface area contributed by atoms with E-state index in [1.54, 1.807) is 7.05 Å². The normalized spacial score (nSPS) is 9.94. The second kappa shape index (κ2) is 6.79. The first-order valence-electron chi connectivity index (χ1n) is 6.18. The topological polar surface area (TPSA) is 40.6 Å². The number of carbonyl (C=O) groups is 2. The van der Waals surface area contributed by atoms with Crippen molar-refractivity contribution in [3.63, 3.8) is 0 Å². The van der Waals surface area contributed by atoms with Crippen LogP contribution in [0.2, 0.25) is 0 Å². The van der Waals surface area contributed by atoms with Crippen molar-refractivity contribution in [1.82, 2.24) is 9.80 Å². The first-order valence-corrected chi connectivity index (χ1v) is 6.18. The molecule has 4 heteroatoms. The lowest BCUT2D eigenvalue weighted by atomic mass is 10.2. The standard InChI is InChI=1S/C14H20N2O2/c1-4-16(5-2)14(18)13(17)15(3)11-12-9-7-6-8-10-12/h6-10H,4-5,11H2,1-3H3. The highest BCUT2D eigenvalue weighted by Crippen LogP contribution is 2.04. The van der Waals surface area contributed by atoms with E-state index in [9.17, 15) is 9.59 Å². The molecule has 0 saturated heterocycles. The minimum Gasteiger partial charge on any atom is -0.335 e. The first-order chi connectivity index (χ1) is 8.60. The molecule has 1 rings (SSSR count). The molecule has 0 spiro atoms. The third kappa shape index (κ3) is 3.58. The van der Waals surface area contributed by atoms with E-state index in [0.717, 1.165) is 5.56 Å². The summed E-state index contributed by atoms with van der Waals surface area (Å²) in [5.74, 6) is -0.888. The molecule has 0 bridgehead atoms. The number of rotatable bonds is 4. The number of nitrogens with zero attached hydrogens (tertiary/aromatic N) is 2. The maximum atomic E-state index is 11.9. The number of likely N-dealkylation sites (N-methyl/N-ethyl adjacent to an activating group) is 2. The fourth-order valence-corrected chi connectivity index (χ4v) is 1.74. The Balaban J connectivity index is 2.64. The van der Waals surface area contributed by atoms with Gasteiger partial charge in [-0.15, -0.1) is 0 Å². The Morgan fingerprint density at radius 2 is 1.56 bits per heavy atom. The molecular weight excluding hydrogens is 228 g/mol. The smallest absolute Gasteiger partial charge is 0.312 e. The first kappa shape index (κ1) is 14.2. The zero-order chi connectivity index (χ0) is 13.5. The van der Waals surface area contributed by atoms with Gasteiger partial charge in [0.25, 0.3) is 0 Å². The van der Waals surface area contributed by atoms with Crippen molar-refractivity contribution in [3.05, 3.63) is 35.9 Å². The Morgan fingerprint density at radius 1 is 1.00 bits per heavy atom. The highest BCUT2D eigenvalue weighted by Gasteiger charge is 2.22. The second-order valence-electron chi connectivity index (χ2n) is 4.12. The molecule has 18 heavy (non-hydrogen) atoms. The summed E-state index contributed by atoms with van der Waals surface area (Å²) in [5.41, 5.74) is 1.01. The molecule has 0 heterocycles. The fourth-order valence-electron chi connectivity index (χ4n) is 1.74. The van der Waals surface area contributed by atoms with Gasteiger partial charge in [0, 0.05) is 26.7 Å². The van der Waals surface area contributed by atoms with E-state index in [4.69, 9.17) is 0 Å². The summed E-state index contributed by atoms with van der Waals surface area (Å²) < 4.78 is 0. The molecule has 0 aliphatic rings. The van der Waals surface area contributed by atoms with Crippen LogP contribution in [0.4, 0.5) is 0 Å². The molecule has 98 valence electrons. The molecule has 2 amide bonds. The Hall–Kier alpha value is -1.84. The van der Waals surface area contributed by atoms with Crippen LogP contribution in [0.3, 0.4) is 0 Å². The molecule has 0 aromatic heterocycles. The van der Waals surface area contributed by atoms with Gasteiger partial charge in [-0.1, -0.05) is 30.3 Å². The Morgan fingerprint density at radius 3 is 2.06 bits per heavy atom. The van der Waals surface area contributed by atoms with Crippen molar-refractivity contribution in [2.45, 2.75) is 20.4 Å². The van der Waals surface area contributed by atoms with Gasteiger partial charge in [0.15, 0.2) is 0 Å². The predicted molar refractivity (Wildman–Crippen MR) is 70.8 cm³/mol. The summed E-state index contributed by atoms with van der Waals surface area (Å²) in [5, 5.41) is 0. The van der Waals surface area contributed by atoms with Gasteiger partial charge in [0.2, 0.25) is 0 Å². The Labute approximate surface area is 108 Å². The molecule has 0 N–H and O–H groups in total. The average molecular weight is 248 g/mol. The molecule has 0 radical (unpaired) electrons. The zero-order valence-electron chi connectivity index (χ0n) is 11.2. The van der Waals surface area contributed by atoms with E-state index in [2.05, 4.69) is 0 Å². The van der Waals surface area contributed by atoms with Gasteiger partial charge in [-0.25, -0.2) is 0 Å². The van der Waals surface area contributed by atoms with Crippen molar-refractivity contribution >= 4 is 11.8 Å². The summed E-state index contributed by atoms with van der Waals surface area (Å²) in [6.07, 6.45) is 0. The molecule has 0 atom stereocenters. The van der Waals surface area contributed by atoms with Crippen LogP contribution in [0, 0.1) is 0 Å². The predicted octanol–water partition coefficient (Wildman–Crippen LogP) is 1.51. The van der Waals surface area contributed by atoms with Gasteiger partial charge in [-0.05, 0) is 19.4 Å². The number of hydrogen-bond donors (Lipinski definition) is 0. The fraction of sp³-hybridized carbons (Fsp3) is 0.429. The lowest BCUT2D eigenvalue weighted by Crippen LogP contribution is -2.43. The molecule has 0 unspecified atom stereocenters. The molecular formula is C14H20N2O2. The van der Waals surface area contributed by atoms with Crippen LogP contribution >= 0.6 is 0 Å². The molecule has 0 aliphatic heterocycles. The summed E-state index contributed by atoms with van der Waals surface area (Å²) >= 11 is 0.